The Labute approximate surface area is 130 Å². The Bertz CT molecular complexity index is 739. The lowest BCUT2D eigenvalue weighted by atomic mass is 10.1. The molecule has 2 rings (SSSR count). The van der Waals surface area contributed by atoms with E-state index in [1.807, 2.05) is 0 Å². The van der Waals surface area contributed by atoms with E-state index in [4.69, 9.17) is 4.74 Å². The van der Waals surface area contributed by atoms with Crippen molar-refractivity contribution in [1.29, 1.82) is 0 Å². The minimum absolute atomic E-state index is 0.118. The molecule has 0 aromatic heterocycles. The van der Waals surface area contributed by atoms with Crippen molar-refractivity contribution in [2.75, 3.05) is 0 Å². The van der Waals surface area contributed by atoms with Gasteiger partial charge in [0.25, 0.3) is 0 Å². The van der Waals surface area contributed by atoms with Crippen molar-refractivity contribution in [2.45, 2.75) is 12.2 Å². The fraction of sp³-hybridized carbons (Fsp3) is 0.143. The summed E-state index contributed by atoms with van der Waals surface area (Å²) >= 11 is 3.24. The van der Waals surface area contributed by atoms with Gasteiger partial charge in [-0.2, -0.15) is 0 Å². The largest absolute Gasteiger partial charge is 0.453 e. The Morgan fingerprint density at radius 3 is 2.33 bits per heavy atom. The van der Waals surface area contributed by atoms with Gasteiger partial charge in [-0.25, -0.2) is 17.2 Å². The monoisotopic (exact) mass is 376 g/mol. The summed E-state index contributed by atoms with van der Waals surface area (Å²) < 4.78 is 54.1. The molecule has 112 valence electrons. The van der Waals surface area contributed by atoms with E-state index in [0.29, 0.717) is 15.8 Å². The normalized spacial score (nSPS) is 12.4. The maximum atomic E-state index is 13.5. The summed E-state index contributed by atoms with van der Waals surface area (Å²) in [5.41, 5.74) is 0.588. The molecule has 7 heteroatoms. The van der Waals surface area contributed by atoms with Crippen LogP contribution < -0.4 is 4.74 Å². The highest BCUT2D eigenvalue weighted by atomic mass is 79.9. The number of benzene rings is 2. The second-order valence-electron chi connectivity index (χ2n) is 4.33. The van der Waals surface area contributed by atoms with Crippen molar-refractivity contribution in [3.63, 3.8) is 0 Å². The lowest BCUT2D eigenvalue weighted by molar-refractivity contribution is 0.435. The minimum atomic E-state index is -2.58. The molecule has 0 heterocycles. The SMILES string of the molecule is CC(c1ccc(Oc2ccc(F)cc2F)c(Br)c1)[SH](=O)=O. The Morgan fingerprint density at radius 2 is 1.76 bits per heavy atom. The topological polar surface area (TPSA) is 43.4 Å². The number of rotatable bonds is 4. The summed E-state index contributed by atoms with van der Waals surface area (Å²) in [6.07, 6.45) is 0. The van der Waals surface area contributed by atoms with Gasteiger partial charge in [0.2, 0.25) is 0 Å². The third-order valence-electron chi connectivity index (χ3n) is 2.87. The molecular weight excluding hydrogens is 366 g/mol. The van der Waals surface area contributed by atoms with Crippen LogP contribution in [0.25, 0.3) is 0 Å². The van der Waals surface area contributed by atoms with Crippen molar-refractivity contribution in [3.05, 3.63) is 58.1 Å². The van der Waals surface area contributed by atoms with Crippen LogP contribution in [-0.4, -0.2) is 8.42 Å². The van der Waals surface area contributed by atoms with E-state index in [9.17, 15) is 17.2 Å². The quantitative estimate of drug-likeness (QED) is 0.813. The van der Waals surface area contributed by atoms with Gasteiger partial charge in [0.05, 0.1) is 9.72 Å². The van der Waals surface area contributed by atoms with Gasteiger partial charge >= 0.3 is 0 Å². The average Bonchev–Trinajstić information content (AvgIpc) is 2.42. The zero-order valence-electron chi connectivity index (χ0n) is 10.8. The lowest BCUT2D eigenvalue weighted by Gasteiger charge is -2.11. The highest BCUT2D eigenvalue weighted by molar-refractivity contribution is 9.10. The first kappa shape index (κ1) is 15.9. The molecule has 0 radical (unpaired) electrons. The molecule has 0 aliphatic rings. The Kier molecular flexibility index (Phi) is 4.95. The highest BCUT2D eigenvalue weighted by Gasteiger charge is 2.13. The number of thiol groups is 1. The van der Waals surface area contributed by atoms with Gasteiger partial charge in [0.15, 0.2) is 11.6 Å². The van der Waals surface area contributed by atoms with Crippen molar-refractivity contribution in [3.8, 4) is 11.5 Å². The van der Waals surface area contributed by atoms with Crippen molar-refractivity contribution >= 4 is 26.6 Å². The molecule has 2 aromatic rings. The molecule has 0 N–H and O–H groups in total. The molecule has 0 aliphatic heterocycles. The van der Waals surface area contributed by atoms with Gasteiger partial charge in [0, 0.05) is 6.07 Å². The fourth-order valence-corrected chi connectivity index (χ4v) is 2.54. The maximum Gasteiger partial charge on any atom is 0.168 e. The van der Waals surface area contributed by atoms with E-state index >= 15 is 0 Å². The molecule has 21 heavy (non-hydrogen) atoms. The van der Waals surface area contributed by atoms with Crippen LogP contribution in [0.4, 0.5) is 8.78 Å². The lowest BCUT2D eigenvalue weighted by Crippen LogP contribution is -1.96. The van der Waals surface area contributed by atoms with Crippen LogP contribution in [0.5, 0.6) is 11.5 Å². The van der Waals surface area contributed by atoms with Crippen LogP contribution in [-0.2, 0) is 10.7 Å². The summed E-state index contributed by atoms with van der Waals surface area (Å²) in [6.45, 7) is 1.56. The van der Waals surface area contributed by atoms with E-state index in [2.05, 4.69) is 15.9 Å². The molecule has 0 bridgehead atoms. The molecule has 1 atom stereocenters. The molecule has 0 saturated heterocycles. The third kappa shape index (κ3) is 3.79. The molecule has 0 fully saturated rings. The van der Waals surface area contributed by atoms with E-state index in [1.165, 1.54) is 12.1 Å². The fourth-order valence-electron chi connectivity index (χ4n) is 1.66. The zero-order valence-corrected chi connectivity index (χ0v) is 13.3. The molecule has 0 amide bonds. The summed E-state index contributed by atoms with van der Waals surface area (Å²) in [4.78, 5) is 0. The first-order chi connectivity index (χ1) is 9.88. The van der Waals surface area contributed by atoms with E-state index in [0.717, 1.165) is 12.1 Å². The van der Waals surface area contributed by atoms with E-state index in [1.54, 1.807) is 19.1 Å². The van der Waals surface area contributed by atoms with Gasteiger partial charge in [-0.1, -0.05) is 6.07 Å². The van der Waals surface area contributed by atoms with E-state index in [-0.39, 0.29) is 5.75 Å². The van der Waals surface area contributed by atoms with Crippen LogP contribution in [0, 0.1) is 11.6 Å². The Balaban J connectivity index is 2.29. The predicted molar refractivity (Wildman–Crippen MR) is 79.3 cm³/mol. The van der Waals surface area contributed by atoms with Gasteiger partial charge in [-0.3, -0.25) is 0 Å². The summed E-state index contributed by atoms with van der Waals surface area (Å²) in [5.74, 6) is -1.32. The number of hydrogen-bond acceptors (Lipinski definition) is 3. The van der Waals surface area contributed by atoms with Crippen LogP contribution in [0.3, 0.4) is 0 Å². The van der Waals surface area contributed by atoms with Gasteiger partial charge in [0.1, 0.15) is 22.3 Å². The molecule has 2 aromatic carbocycles. The zero-order chi connectivity index (χ0) is 15.6. The van der Waals surface area contributed by atoms with Crippen LogP contribution in [0.1, 0.15) is 17.7 Å². The van der Waals surface area contributed by atoms with Gasteiger partial charge in [-0.15, -0.1) is 0 Å². The van der Waals surface area contributed by atoms with Gasteiger partial charge in [-0.05, 0) is 52.7 Å². The van der Waals surface area contributed by atoms with Crippen LogP contribution in [0.15, 0.2) is 40.9 Å². The molecule has 0 saturated carbocycles. The van der Waals surface area contributed by atoms with Crippen molar-refractivity contribution in [1.82, 2.24) is 0 Å². The van der Waals surface area contributed by atoms with Crippen molar-refractivity contribution in [2.24, 2.45) is 0 Å². The van der Waals surface area contributed by atoms with E-state index < -0.39 is 27.6 Å². The molecule has 0 spiro atoms. The molecular formula is C14H11BrF2O3S. The highest BCUT2D eigenvalue weighted by Crippen LogP contribution is 2.33. The molecule has 1 unspecified atom stereocenters. The Morgan fingerprint density at radius 1 is 1.10 bits per heavy atom. The van der Waals surface area contributed by atoms with Crippen molar-refractivity contribution < 1.29 is 21.9 Å². The summed E-state index contributed by atoms with van der Waals surface area (Å²) in [6, 6.07) is 7.69. The first-order valence-electron chi connectivity index (χ1n) is 5.94. The first-order valence-corrected chi connectivity index (χ1v) is 7.98. The number of ether oxygens (including phenoxy) is 1. The summed E-state index contributed by atoms with van der Waals surface area (Å²) in [7, 11) is -2.58. The molecule has 0 aliphatic carbocycles. The van der Waals surface area contributed by atoms with Crippen LogP contribution >= 0.6 is 15.9 Å². The Hall–Kier alpha value is -1.47. The van der Waals surface area contributed by atoms with Crippen LogP contribution in [0.2, 0.25) is 0 Å². The predicted octanol–water partition coefficient (Wildman–Crippen LogP) is 4.19. The average molecular weight is 377 g/mol. The smallest absolute Gasteiger partial charge is 0.168 e. The summed E-state index contributed by atoms with van der Waals surface area (Å²) in [5, 5.41) is -0.632. The van der Waals surface area contributed by atoms with Gasteiger partial charge < -0.3 is 4.74 Å². The molecule has 3 nitrogen and oxygen atoms in total. The third-order valence-corrected chi connectivity index (χ3v) is 4.42. The maximum absolute atomic E-state index is 13.5. The standard InChI is InChI=1S/C14H11BrF2O3S/c1-8(21(18)19)9-2-4-13(11(15)6-9)20-14-5-3-10(16)7-12(14)17/h2-8,21H,1H3. The number of halogens is 3. The second kappa shape index (κ2) is 6.53. The second-order valence-corrected chi connectivity index (χ2v) is 6.53. The number of hydrogen-bond donors (Lipinski definition) is 1. The minimum Gasteiger partial charge on any atom is -0.453 e.